The van der Waals surface area contributed by atoms with E-state index in [1.807, 2.05) is 30.7 Å². The lowest BCUT2D eigenvalue weighted by molar-refractivity contribution is 0.410. The van der Waals surface area contributed by atoms with E-state index in [-0.39, 0.29) is 6.04 Å². The monoisotopic (exact) mass is 459 g/mol. The number of fused-ring (bicyclic) bond motifs is 1. The van der Waals surface area contributed by atoms with Crippen molar-refractivity contribution in [2.75, 3.05) is 17.2 Å². The number of rotatable bonds is 8. The molecule has 0 saturated heterocycles. The normalized spacial score (nSPS) is 18.5. The molecule has 1 aliphatic rings. The van der Waals surface area contributed by atoms with Gasteiger partial charge in [-0.3, -0.25) is 0 Å². The molecule has 1 fully saturated rings. The Morgan fingerprint density at radius 3 is 2.65 bits per heavy atom. The predicted molar refractivity (Wildman–Crippen MR) is 136 cm³/mol. The summed E-state index contributed by atoms with van der Waals surface area (Å²) in [4.78, 5) is 22.2. The Morgan fingerprint density at radius 2 is 1.88 bits per heavy atom. The van der Waals surface area contributed by atoms with Gasteiger partial charge in [0.15, 0.2) is 17.0 Å². The van der Waals surface area contributed by atoms with Crippen molar-refractivity contribution in [3.8, 4) is 11.4 Å². The topological polar surface area (TPSA) is 122 Å². The first kappa shape index (κ1) is 22.3. The molecule has 1 saturated carbocycles. The summed E-state index contributed by atoms with van der Waals surface area (Å²) in [6.45, 7) is 4.97. The summed E-state index contributed by atoms with van der Waals surface area (Å²) in [5.74, 6) is 2.28. The lowest BCUT2D eigenvalue weighted by atomic mass is 9.92. The molecule has 5 rings (SSSR count). The number of aromatic nitrogens is 6. The molecule has 178 valence electrons. The van der Waals surface area contributed by atoms with E-state index in [0.717, 1.165) is 66.2 Å². The first-order chi connectivity index (χ1) is 16.6. The van der Waals surface area contributed by atoms with Crippen LogP contribution in [0.2, 0.25) is 0 Å². The highest BCUT2D eigenvalue weighted by Crippen LogP contribution is 2.26. The van der Waals surface area contributed by atoms with E-state index in [0.29, 0.717) is 24.6 Å². The first-order valence-electron chi connectivity index (χ1n) is 12.2. The minimum Gasteiger partial charge on any atom is -0.368 e. The van der Waals surface area contributed by atoms with Gasteiger partial charge in [-0.1, -0.05) is 30.3 Å². The molecule has 0 bridgehead atoms. The van der Waals surface area contributed by atoms with E-state index in [1.54, 1.807) is 0 Å². The maximum absolute atomic E-state index is 6.08. The number of H-pyrrole nitrogens is 1. The average molecular weight is 460 g/mol. The summed E-state index contributed by atoms with van der Waals surface area (Å²) in [7, 11) is 0. The number of nitrogens with one attached hydrogen (secondary N) is 3. The van der Waals surface area contributed by atoms with Crippen molar-refractivity contribution >= 4 is 22.9 Å². The van der Waals surface area contributed by atoms with E-state index in [1.165, 1.54) is 0 Å². The van der Waals surface area contributed by atoms with Crippen LogP contribution < -0.4 is 16.4 Å². The van der Waals surface area contributed by atoms with Gasteiger partial charge in [0.1, 0.15) is 5.82 Å². The highest BCUT2D eigenvalue weighted by atomic mass is 15.2. The molecular weight excluding hydrogens is 426 g/mol. The smallest absolute Gasteiger partial charge is 0.227 e. The molecule has 4 aromatic rings. The molecule has 0 amide bonds. The summed E-state index contributed by atoms with van der Waals surface area (Å²) in [6, 6.07) is 11.1. The largest absolute Gasteiger partial charge is 0.368 e. The summed E-state index contributed by atoms with van der Waals surface area (Å²) in [5.41, 5.74) is 9.86. The Bertz CT molecular complexity index is 1220. The summed E-state index contributed by atoms with van der Waals surface area (Å²) >= 11 is 0. The average Bonchev–Trinajstić information content (AvgIpc) is 3.49. The van der Waals surface area contributed by atoms with Crippen LogP contribution in [0.4, 0.5) is 11.8 Å². The lowest BCUT2D eigenvalue weighted by Gasteiger charge is -2.27. The van der Waals surface area contributed by atoms with Crippen LogP contribution >= 0.6 is 0 Å². The second-order valence-electron chi connectivity index (χ2n) is 9.37. The Kier molecular flexibility index (Phi) is 6.44. The van der Waals surface area contributed by atoms with Crippen LogP contribution in [0.15, 0.2) is 42.9 Å². The third kappa shape index (κ3) is 4.89. The van der Waals surface area contributed by atoms with Crippen LogP contribution in [0.5, 0.6) is 0 Å². The molecule has 3 aromatic heterocycles. The van der Waals surface area contributed by atoms with Gasteiger partial charge < -0.3 is 25.9 Å². The molecule has 1 aromatic carbocycles. The lowest BCUT2D eigenvalue weighted by Crippen LogP contribution is -2.33. The molecule has 0 spiro atoms. The number of anilines is 2. The van der Waals surface area contributed by atoms with Crippen LogP contribution in [0.1, 0.15) is 51.3 Å². The van der Waals surface area contributed by atoms with Crippen molar-refractivity contribution < 1.29 is 0 Å². The van der Waals surface area contributed by atoms with E-state index in [2.05, 4.69) is 56.1 Å². The molecule has 0 aliphatic heterocycles. The van der Waals surface area contributed by atoms with Crippen LogP contribution in [-0.4, -0.2) is 48.1 Å². The molecule has 9 nitrogen and oxygen atoms in total. The second-order valence-corrected chi connectivity index (χ2v) is 9.37. The molecule has 34 heavy (non-hydrogen) atoms. The minimum absolute atomic E-state index is 0.259. The number of hydrogen-bond acceptors (Lipinski definition) is 7. The minimum atomic E-state index is 0.259. The van der Waals surface area contributed by atoms with Crippen LogP contribution in [0.3, 0.4) is 0 Å². The molecule has 1 aliphatic carbocycles. The van der Waals surface area contributed by atoms with E-state index >= 15 is 0 Å². The standard InChI is InChI=1S/C25H33N9/c1-16(2)34-15-29-21-23(32-25(33-24(21)34)31-19-10-8-18(26)9-11-19)27-13-12-20-14-28-22(30-20)17-6-4-3-5-7-17/h3-7,14-16,18-19H,8-13,26H2,1-2H3,(H,28,30)(H2,27,31,32,33). The Labute approximate surface area is 199 Å². The highest BCUT2D eigenvalue weighted by molar-refractivity contribution is 5.84. The maximum atomic E-state index is 6.08. The van der Waals surface area contributed by atoms with Crippen LogP contribution in [0.25, 0.3) is 22.6 Å². The van der Waals surface area contributed by atoms with Crippen molar-refractivity contribution in [1.29, 1.82) is 0 Å². The zero-order chi connectivity index (χ0) is 23.5. The SMILES string of the molecule is CC(C)n1cnc2c(NCCc3cnc(-c4ccccc4)[nH]3)nc(NC3CCC(N)CC3)nc21. The highest BCUT2D eigenvalue weighted by Gasteiger charge is 2.21. The summed E-state index contributed by atoms with van der Waals surface area (Å²) < 4.78 is 2.09. The van der Waals surface area contributed by atoms with Gasteiger partial charge >= 0.3 is 0 Å². The van der Waals surface area contributed by atoms with Gasteiger partial charge in [-0.15, -0.1) is 0 Å². The fraction of sp³-hybridized carbons (Fsp3) is 0.440. The summed E-state index contributed by atoms with van der Waals surface area (Å²) in [5, 5.41) is 7.03. The van der Waals surface area contributed by atoms with Crippen LogP contribution in [0, 0.1) is 0 Å². The maximum Gasteiger partial charge on any atom is 0.227 e. The van der Waals surface area contributed by atoms with Gasteiger partial charge in [0.25, 0.3) is 0 Å². The fourth-order valence-corrected chi connectivity index (χ4v) is 4.47. The Balaban J connectivity index is 1.32. The molecule has 3 heterocycles. The van der Waals surface area contributed by atoms with Gasteiger partial charge in [-0.05, 0) is 39.5 Å². The Morgan fingerprint density at radius 1 is 1.09 bits per heavy atom. The quantitative estimate of drug-likeness (QED) is 0.312. The number of hydrogen-bond donors (Lipinski definition) is 4. The van der Waals surface area contributed by atoms with Gasteiger partial charge in [0.05, 0.1) is 6.33 Å². The van der Waals surface area contributed by atoms with Crippen molar-refractivity contribution in [3.63, 3.8) is 0 Å². The van der Waals surface area contributed by atoms with Gasteiger partial charge in [-0.2, -0.15) is 9.97 Å². The number of nitrogens with two attached hydrogens (primary N) is 1. The van der Waals surface area contributed by atoms with E-state index < -0.39 is 0 Å². The molecule has 0 atom stereocenters. The zero-order valence-corrected chi connectivity index (χ0v) is 19.8. The number of imidazole rings is 2. The Hall–Kier alpha value is -3.46. The van der Waals surface area contributed by atoms with Crippen molar-refractivity contribution in [1.82, 2.24) is 29.5 Å². The molecule has 9 heteroatoms. The van der Waals surface area contributed by atoms with Gasteiger partial charge in [-0.25, -0.2) is 9.97 Å². The zero-order valence-electron chi connectivity index (χ0n) is 19.8. The molecule has 0 radical (unpaired) electrons. The predicted octanol–water partition coefficient (Wildman–Crippen LogP) is 4.13. The first-order valence-corrected chi connectivity index (χ1v) is 12.2. The molecule has 5 N–H and O–H groups in total. The fourth-order valence-electron chi connectivity index (χ4n) is 4.47. The third-order valence-electron chi connectivity index (χ3n) is 6.45. The molecule has 0 unspecified atom stereocenters. The van der Waals surface area contributed by atoms with Crippen molar-refractivity contribution in [2.24, 2.45) is 5.73 Å². The molecular formula is C25H33N9. The third-order valence-corrected chi connectivity index (χ3v) is 6.45. The van der Waals surface area contributed by atoms with Crippen molar-refractivity contribution in [3.05, 3.63) is 48.5 Å². The summed E-state index contributed by atoms with van der Waals surface area (Å²) in [6.07, 6.45) is 8.68. The van der Waals surface area contributed by atoms with Crippen LogP contribution in [-0.2, 0) is 6.42 Å². The van der Waals surface area contributed by atoms with Crippen molar-refractivity contribution in [2.45, 2.75) is 64.1 Å². The number of aromatic amines is 1. The van der Waals surface area contributed by atoms with Gasteiger partial charge in [0, 0.05) is 48.5 Å². The van der Waals surface area contributed by atoms with Gasteiger partial charge in [0.2, 0.25) is 5.95 Å². The number of nitrogens with zero attached hydrogens (tertiary/aromatic N) is 5. The second kappa shape index (κ2) is 9.80. The van der Waals surface area contributed by atoms with E-state index in [4.69, 9.17) is 15.7 Å². The number of benzene rings is 1. The van der Waals surface area contributed by atoms with E-state index in [9.17, 15) is 0 Å².